The van der Waals surface area contributed by atoms with E-state index in [1.807, 2.05) is 0 Å². The second-order valence-corrected chi connectivity index (χ2v) is 8.45. The Morgan fingerprint density at radius 3 is 1.81 bits per heavy atom. The Labute approximate surface area is 208 Å². The van der Waals surface area contributed by atoms with Crippen molar-refractivity contribution in [3.63, 3.8) is 0 Å². The smallest absolute Gasteiger partial charge is 0.338 e. The Kier molecular flexibility index (Phi) is 9.84. The zero-order chi connectivity index (χ0) is 27.0. The SMILES string of the molecule is C=C(C)C(=O)OCC(COC(=O)C(=C)C)Cc1ccc(-c2ccc(OC(=O)C(=C)C)cc2F)cc1F. The number of ether oxygens (including phenoxy) is 3. The Morgan fingerprint density at radius 1 is 0.778 bits per heavy atom. The van der Waals surface area contributed by atoms with E-state index in [1.54, 1.807) is 0 Å². The maximum atomic E-state index is 15.0. The number of halogens is 2. The zero-order valence-electron chi connectivity index (χ0n) is 20.5. The molecule has 0 radical (unpaired) electrons. The predicted molar refractivity (Wildman–Crippen MR) is 131 cm³/mol. The van der Waals surface area contributed by atoms with Crippen LogP contribution in [0.3, 0.4) is 0 Å². The standard InChI is InChI=1S/C28H28F2O6/c1-16(2)26(31)34-14-19(15-35-27(32)17(3)4)11-21-8-7-20(12-24(21)29)23-10-9-22(13-25(23)30)36-28(33)18(5)6/h7-10,12-13,19H,1,3,5,11,14-15H2,2,4,6H3. The summed E-state index contributed by atoms with van der Waals surface area (Å²) < 4.78 is 45.0. The summed E-state index contributed by atoms with van der Waals surface area (Å²) >= 11 is 0. The predicted octanol–water partition coefficient (Wildman–Crippen LogP) is 5.51. The highest BCUT2D eigenvalue weighted by molar-refractivity contribution is 5.89. The maximum Gasteiger partial charge on any atom is 0.338 e. The Morgan fingerprint density at radius 2 is 1.33 bits per heavy atom. The minimum Gasteiger partial charge on any atom is -0.462 e. The highest BCUT2D eigenvalue weighted by Gasteiger charge is 2.19. The molecule has 2 aromatic rings. The summed E-state index contributed by atoms with van der Waals surface area (Å²) in [5.74, 6) is -3.79. The Balaban J connectivity index is 2.21. The van der Waals surface area contributed by atoms with Crippen LogP contribution in [0, 0.1) is 17.6 Å². The fraction of sp³-hybridized carbons (Fsp3) is 0.250. The van der Waals surface area contributed by atoms with Gasteiger partial charge in [-0.25, -0.2) is 23.2 Å². The van der Waals surface area contributed by atoms with Gasteiger partial charge in [0.2, 0.25) is 0 Å². The van der Waals surface area contributed by atoms with Crippen molar-refractivity contribution < 1.29 is 37.4 Å². The summed E-state index contributed by atoms with van der Waals surface area (Å²) in [6.07, 6.45) is 0.0807. The summed E-state index contributed by atoms with van der Waals surface area (Å²) in [6.45, 7) is 14.7. The van der Waals surface area contributed by atoms with Crippen LogP contribution in [0.1, 0.15) is 26.3 Å². The maximum absolute atomic E-state index is 15.0. The van der Waals surface area contributed by atoms with E-state index >= 15 is 0 Å². The van der Waals surface area contributed by atoms with Gasteiger partial charge in [0, 0.05) is 34.3 Å². The molecule has 0 atom stereocenters. The molecule has 0 saturated carbocycles. The number of esters is 3. The lowest BCUT2D eigenvalue weighted by atomic mass is 9.97. The third kappa shape index (κ3) is 8.01. The molecule has 2 aromatic carbocycles. The monoisotopic (exact) mass is 498 g/mol. The third-order valence-corrected chi connectivity index (χ3v) is 4.97. The first-order valence-corrected chi connectivity index (χ1v) is 11.0. The quantitative estimate of drug-likeness (QED) is 0.231. The first kappa shape index (κ1) is 28.2. The summed E-state index contributed by atoms with van der Waals surface area (Å²) in [7, 11) is 0. The van der Waals surface area contributed by atoms with Crippen LogP contribution in [0.15, 0.2) is 72.9 Å². The van der Waals surface area contributed by atoms with Crippen molar-refractivity contribution in [1.29, 1.82) is 0 Å². The van der Waals surface area contributed by atoms with Crippen LogP contribution >= 0.6 is 0 Å². The molecule has 0 aromatic heterocycles. The molecule has 0 spiro atoms. The number of hydrogen-bond acceptors (Lipinski definition) is 6. The number of hydrogen-bond donors (Lipinski definition) is 0. The zero-order valence-corrected chi connectivity index (χ0v) is 20.5. The van der Waals surface area contributed by atoms with Gasteiger partial charge in [-0.2, -0.15) is 0 Å². The van der Waals surface area contributed by atoms with Gasteiger partial charge in [-0.3, -0.25) is 0 Å². The second-order valence-electron chi connectivity index (χ2n) is 8.45. The molecule has 0 N–H and O–H groups in total. The second kappa shape index (κ2) is 12.6. The summed E-state index contributed by atoms with van der Waals surface area (Å²) in [4.78, 5) is 35.2. The van der Waals surface area contributed by atoms with Gasteiger partial charge >= 0.3 is 17.9 Å². The molecule has 0 unspecified atom stereocenters. The van der Waals surface area contributed by atoms with Gasteiger partial charge in [-0.05, 0) is 56.5 Å². The molecule has 36 heavy (non-hydrogen) atoms. The van der Waals surface area contributed by atoms with Crippen molar-refractivity contribution in [3.05, 3.63) is 90.1 Å². The van der Waals surface area contributed by atoms with E-state index in [0.717, 1.165) is 6.07 Å². The lowest BCUT2D eigenvalue weighted by Gasteiger charge is -2.18. The van der Waals surface area contributed by atoms with E-state index in [0.29, 0.717) is 0 Å². The molecule has 0 bridgehead atoms. The molecule has 0 fully saturated rings. The number of rotatable bonds is 11. The highest BCUT2D eigenvalue weighted by atomic mass is 19.1. The minimum absolute atomic E-state index is 0.00204. The fourth-order valence-electron chi connectivity index (χ4n) is 2.98. The molecule has 190 valence electrons. The molecular weight excluding hydrogens is 470 g/mol. The molecule has 2 rings (SSSR count). The van der Waals surface area contributed by atoms with Crippen LogP contribution in [-0.2, 0) is 30.3 Å². The molecule has 0 heterocycles. The lowest BCUT2D eigenvalue weighted by Crippen LogP contribution is -2.23. The Hall–Kier alpha value is -4.07. The number of benzene rings is 2. The first-order valence-electron chi connectivity index (χ1n) is 11.0. The number of carbonyl (C=O) groups excluding carboxylic acids is 3. The molecule has 0 saturated heterocycles. The van der Waals surface area contributed by atoms with Crippen molar-refractivity contribution in [2.24, 2.45) is 5.92 Å². The highest BCUT2D eigenvalue weighted by Crippen LogP contribution is 2.29. The lowest BCUT2D eigenvalue weighted by molar-refractivity contribution is -0.144. The normalized spacial score (nSPS) is 10.5. The van der Waals surface area contributed by atoms with E-state index in [2.05, 4.69) is 19.7 Å². The van der Waals surface area contributed by atoms with Crippen LogP contribution in [0.2, 0.25) is 0 Å². The number of carbonyl (C=O) groups is 3. The molecule has 6 nitrogen and oxygen atoms in total. The van der Waals surface area contributed by atoms with Crippen molar-refractivity contribution in [3.8, 4) is 16.9 Å². The van der Waals surface area contributed by atoms with Crippen LogP contribution in [0.5, 0.6) is 5.75 Å². The molecule has 8 heteroatoms. The van der Waals surface area contributed by atoms with Crippen molar-refractivity contribution in [1.82, 2.24) is 0 Å². The van der Waals surface area contributed by atoms with Crippen LogP contribution in [0.25, 0.3) is 11.1 Å². The van der Waals surface area contributed by atoms with E-state index in [9.17, 15) is 23.2 Å². The van der Waals surface area contributed by atoms with Crippen LogP contribution in [0.4, 0.5) is 8.78 Å². The summed E-state index contributed by atoms with van der Waals surface area (Å²) in [5.41, 5.74) is 1.20. The van der Waals surface area contributed by atoms with Gasteiger partial charge in [0.25, 0.3) is 0 Å². The topological polar surface area (TPSA) is 78.9 Å². The van der Waals surface area contributed by atoms with Crippen molar-refractivity contribution in [2.45, 2.75) is 27.2 Å². The van der Waals surface area contributed by atoms with Gasteiger partial charge < -0.3 is 14.2 Å². The van der Waals surface area contributed by atoms with E-state index in [-0.39, 0.29) is 58.8 Å². The van der Waals surface area contributed by atoms with Crippen molar-refractivity contribution in [2.75, 3.05) is 13.2 Å². The summed E-state index contributed by atoms with van der Waals surface area (Å²) in [6, 6.07) is 7.99. The third-order valence-electron chi connectivity index (χ3n) is 4.97. The minimum atomic E-state index is -0.703. The molecule has 0 aliphatic heterocycles. The van der Waals surface area contributed by atoms with Gasteiger partial charge in [-0.15, -0.1) is 0 Å². The van der Waals surface area contributed by atoms with Gasteiger partial charge in [0.05, 0.1) is 13.2 Å². The van der Waals surface area contributed by atoms with Crippen molar-refractivity contribution >= 4 is 17.9 Å². The van der Waals surface area contributed by atoms with E-state index in [1.165, 1.54) is 51.1 Å². The van der Waals surface area contributed by atoms with Crippen LogP contribution in [-0.4, -0.2) is 31.1 Å². The van der Waals surface area contributed by atoms with Gasteiger partial charge in [0.15, 0.2) is 0 Å². The molecule has 0 aliphatic carbocycles. The first-order chi connectivity index (χ1) is 16.9. The molecule has 0 amide bonds. The van der Waals surface area contributed by atoms with E-state index < -0.39 is 35.5 Å². The summed E-state index contributed by atoms with van der Waals surface area (Å²) in [5, 5.41) is 0. The average Bonchev–Trinajstić information content (AvgIpc) is 2.81. The molecular formula is C28H28F2O6. The van der Waals surface area contributed by atoms with Gasteiger partial charge in [0.1, 0.15) is 17.4 Å². The largest absolute Gasteiger partial charge is 0.462 e. The average molecular weight is 499 g/mol. The Bertz CT molecular complexity index is 1180. The van der Waals surface area contributed by atoms with E-state index in [4.69, 9.17) is 14.2 Å². The molecule has 0 aliphatic rings. The van der Waals surface area contributed by atoms with Crippen LogP contribution < -0.4 is 4.74 Å². The fourth-order valence-corrected chi connectivity index (χ4v) is 2.98. The van der Waals surface area contributed by atoms with Gasteiger partial charge in [-0.1, -0.05) is 31.9 Å².